The quantitative estimate of drug-likeness (QED) is 0.889. The number of nitrogens with zero attached hydrogens (tertiary/aromatic N) is 2. The summed E-state index contributed by atoms with van der Waals surface area (Å²) in [6, 6.07) is 3.57. The van der Waals surface area contributed by atoms with E-state index in [1.54, 1.807) is 16.7 Å². The largest absolute Gasteiger partial charge is 0.480 e. The van der Waals surface area contributed by atoms with Crippen LogP contribution in [0.5, 0.6) is 11.5 Å². The number of carbonyl (C=O) groups is 1. The maximum atomic E-state index is 10.9. The average molecular weight is 248 g/mol. The predicted molar refractivity (Wildman–Crippen MR) is 62.9 cm³/mol. The lowest BCUT2D eigenvalue weighted by molar-refractivity contribution is -0.137. The van der Waals surface area contributed by atoms with Gasteiger partial charge in [-0.15, -0.1) is 0 Å². The van der Waals surface area contributed by atoms with Crippen molar-refractivity contribution in [2.45, 2.75) is 19.9 Å². The van der Waals surface area contributed by atoms with Crippen LogP contribution in [0.2, 0.25) is 0 Å². The molecule has 0 amide bonds. The third-order valence-corrected chi connectivity index (χ3v) is 2.93. The van der Waals surface area contributed by atoms with Crippen LogP contribution in [-0.2, 0) is 17.8 Å². The van der Waals surface area contributed by atoms with Crippen molar-refractivity contribution < 1.29 is 19.4 Å². The van der Waals surface area contributed by atoms with Crippen molar-refractivity contribution in [3.63, 3.8) is 0 Å². The molecule has 3 rings (SSSR count). The van der Waals surface area contributed by atoms with Gasteiger partial charge in [-0.2, -0.15) is 0 Å². The van der Waals surface area contributed by atoms with E-state index in [0.717, 1.165) is 16.9 Å². The summed E-state index contributed by atoms with van der Waals surface area (Å²) in [6.45, 7) is 2.04. The molecule has 1 aromatic heterocycles. The van der Waals surface area contributed by atoms with Crippen LogP contribution in [0.4, 0.5) is 0 Å². The number of benzene rings is 1. The Morgan fingerprint density at radius 2 is 2.17 bits per heavy atom. The first kappa shape index (κ1) is 10.9. The van der Waals surface area contributed by atoms with Crippen LogP contribution in [0.1, 0.15) is 12.7 Å². The van der Waals surface area contributed by atoms with Crippen LogP contribution >= 0.6 is 0 Å². The summed E-state index contributed by atoms with van der Waals surface area (Å²) in [6.07, 6.45) is 0.675. The first-order valence-corrected chi connectivity index (χ1v) is 5.69. The molecule has 94 valence electrons. The minimum Gasteiger partial charge on any atom is -0.480 e. The van der Waals surface area contributed by atoms with Crippen LogP contribution in [-0.4, -0.2) is 27.4 Å². The van der Waals surface area contributed by atoms with Crippen molar-refractivity contribution in [1.82, 2.24) is 9.55 Å². The predicted octanol–water partition coefficient (Wildman–Crippen LogP) is 1.41. The zero-order valence-electron chi connectivity index (χ0n) is 9.84. The number of aliphatic carboxylic acids is 1. The van der Waals surface area contributed by atoms with Crippen LogP contribution in [0.15, 0.2) is 12.1 Å². The van der Waals surface area contributed by atoms with Gasteiger partial charge in [-0.3, -0.25) is 4.79 Å². The van der Waals surface area contributed by atoms with Crippen molar-refractivity contribution >= 4 is 17.0 Å². The molecule has 6 nitrogen and oxygen atoms in total. The van der Waals surface area contributed by atoms with Gasteiger partial charge in [0.05, 0.1) is 11.0 Å². The molecule has 1 aromatic carbocycles. The summed E-state index contributed by atoms with van der Waals surface area (Å²) in [7, 11) is 0. The number of rotatable bonds is 3. The molecule has 1 N–H and O–H groups in total. The SMILES string of the molecule is CCc1nc2cc3c(cc2n1CC(=O)O)OCO3. The Kier molecular flexibility index (Phi) is 2.36. The molecule has 2 aromatic rings. The highest BCUT2D eigenvalue weighted by Gasteiger charge is 2.19. The van der Waals surface area contributed by atoms with E-state index in [1.165, 1.54) is 0 Å². The van der Waals surface area contributed by atoms with Gasteiger partial charge in [0.2, 0.25) is 6.79 Å². The highest BCUT2D eigenvalue weighted by molar-refractivity contribution is 5.82. The first-order valence-electron chi connectivity index (χ1n) is 5.69. The standard InChI is InChI=1S/C12H12N2O4/c1-2-11-13-7-3-9-10(18-6-17-9)4-8(7)14(11)5-12(15)16/h3-4H,2,5-6H2,1H3,(H,15,16). The number of ether oxygens (including phenoxy) is 2. The molecule has 0 atom stereocenters. The molecule has 0 saturated carbocycles. The van der Waals surface area contributed by atoms with E-state index in [1.807, 2.05) is 6.92 Å². The topological polar surface area (TPSA) is 73.6 Å². The highest BCUT2D eigenvalue weighted by Crippen LogP contribution is 2.36. The third kappa shape index (κ3) is 1.57. The number of fused-ring (bicyclic) bond motifs is 2. The number of hydrogen-bond acceptors (Lipinski definition) is 4. The lowest BCUT2D eigenvalue weighted by atomic mass is 10.2. The summed E-state index contributed by atoms with van der Waals surface area (Å²) in [4.78, 5) is 15.3. The van der Waals surface area contributed by atoms with Crippen molar-refractivity contribution in [3.05, 3.63) is 18.0 Å². The number of aryl methyl sites for hydroxylation is 1. The van der Waals surface area contributed by atoms with Gasteiger partial charge in [-0.05, 0) is 0 Å². The number of imidazole rings is 1. The Balaban J connectivity index is 2.21. The fourth-order valence-electron chi connectivity index (χ4n) is 2.15. The normalized spacial score (nSPS) is 13.2. The van der Waals surface area contributed by atoms with Gasteiger partial charge in [0.1, 0.15) is 12.4 Å². The minimum atomic E-state index is -0.887. The van der Waals surface area contributed by atoms with E-state index >= 15 is 0 Å². The maximum absolute atomic E-state index is 10.9. The molecular formula is C12H12N2O4. The summed E-state index contributed by atoms with van der Waals surface area (Å²) < 4.78 is 12.3. The Bertz CT molecular complexity index is 633. The third-order valence-electron chi connectivity index (χ3n) is 2.93. The van der Waals surface area contributed by atoms with E-state index in [-0.39, 0.29) is 13.3 Å². The first-order chi connectivity index (χ1) is 8.69. The van der Waals surface area contributed by atoms with Gasteiger partial charge in [0, 0.05) is 18.6 Å². The molecule has 1 aliphatic rings. The zero-order chi connectivity index (χ0) is 12.7. The van der Waals surface area contributed by atoms with E-state index in [2.05, 4.69) is 4.98 Å². The zero-order valence-corrected chi connectivity index (χ0v) is 9.84. The van der Waals surface area contributed by atoms with E-state index in [9.17, 15) is 4.79 Å². The second kappa shape index (κ2) is 3.90. The molecule has 0 spiro atoms. The molecule has 0 unspecified atom stereocenters. The van der Waals surface area contributed by atoms with Crippen molar-refractivity contribution in [1.29, 1.82) is 0 Å². The van der Waals surface area contributed by atoms with E-state index < -0.39 is 5.97 Å². The molecule has 0 fully saturated rings. The molecule has 6 heteroatoms. The molecule has 0 bridgehead atoms. The van der Waals surface area contributed by atoms with Gasteiger partial charge in [-0.1, -0.05) is 6.92 Å². The van der Waals surface area contributed by atoms with Crippen LogP contribution in [0.25, 0.3) is 11.0 Å². The smallest absolute Gasteiger partial charge is 0.323 e. The van der Waals surface area contributed by atoms with E-state index in [0.29, 0.717) is 17.9 Å². The molecule has 18 heavy (non-hydrogen) atoms. The summed E-state index contributed by atoms with van der Waals surface area (Å²) >= 11 is 0. The van der Waals surface area contributed by atoms with E-state index in [4.69, 9.17) is 14.6 Å². The van der Waals surface area contributed by atoms with Crippen molar-refractivity contribution in [2.75, 3.05) is 6.79 Å². The second-order valence-electron chi connectivity index (χ2n) is 4.06. The monoisotopic (exact) mass is 248 g/mol. The molecule has 2 heterocycles. The number of hydrogen-bond donors (Lipinski definition) is 1. The number of carboxylic acids is 1. The molecule has 0 aliphatic carbocycles. The second-order valence-corrected chi connectivity index (χ2v) is 4.06. The Morgan fingerprint density at radius 3 is 2.83 bits per heavy atom. The summed E-state index contributed by atoms with van der Waals surface area (Å²) in [5.41, 5.74) is 1.50. The maximum Gasteiger partial charge on any atom is 0.323 e. The van der Waals surface area contributed by atoms with Crippen LogP contribution < -0.4 is 9.47 Å². The lowest BCUT2D eigenvalue weighted by Gasteiger charge is -2.04. The van der Waals surface area contributed by atoms with Gasteiger partial charge in [-0.25, -0.2) is 4.98 Å². The summed E-state index contributed by atoms with van der Waals surface area (Å²) in [5.74, 6) is 1.15. The van der Waals surface area contributed by atoms with Crippen LogP contribution in [0, 0.1) is 0 Å². The van der Waals surface area contributed by atoms with Gasteiger partial charge >= 0.3 is 5.97 Å². The van der Waals surface area contributed by atoms with Crippen molar-refractivity contribution in [3.8, 4) is 11.5 Å². The number of aromatic nitrogens is 2. The fourth-order valence-corrected chi connectivity index (χ4v) is 2.15. The molecule has 0 saturated heterocycles. The Hall–Kier alpha value is -2.24. The Labute approximate surface area is 103 Å². The van der Waals surface area contributed by atoms with Gasteiger partial charge < -0.3 is 19.1 Å². The summed E-state index contributed by atoms with van der Waals surface area (Å²) in [5, 5.41) is 8.95. The van der Waals surface area contributed by atoms with Gasteiger partial charge in [0.15, 0.2) is 11.5 Å². The molecular weight excluding hydrogens is 236 g/mol. The number of carboxylic acid groups (broad SMARTS) is 1. The highest BCUT2D eigenvalue weighted by atomic mass is 16.7. The van der Waals surface area contributed by atoms with Crippen molar-refractivity contribution in [2.24, 2.45) is 0 Å². The molecule has 0 radical (unpaired) electrons. The van der Waals surface area contributed by atoms with Crippen LogP contribution in [0.3, 0.4) is 0 Å². The molecule has 1 aliphatic heterocycles. The average Bonchev–Trinajstić information content (AvgIpc) is 2.90. The minimum absolute atomic E-state index is 0.0979. The lowest BCUT2D eigenvalue weighted by Crippen LogP contribution is -2.11. The van der Waals surface area contributed by atoms with Gasteiger partial charge in [0.25, 0.3) is 0 Å². The fraction of sp³-hybridized carbons (Fsp3) is 0.333. The Morgan fingerprint density at radius 1 is 1.44 bits per heavy atom.